The second-order valence-electron chi connectivity index (χ2n) is 6.18. The zero-order valence-corrected chi connectivity index (χ0v) is 13.9. The molecule has 1 aromatic carbocycles. The molecule has 2 rings (SSSR count). The molecule has 2 atom stereocenters. The highest BCUT2D eigenvalue weighted by molar-refractivity contribution is 6.30. The molecule has 1 fully saturated rings. The van der Waals surface area contributed by atoms with Gasteiger partial charge in [-0.15, -0.1) is 0 Å². The lowest BCUT2D eigenvalue weighted by atomic mass is 10.1. The monoisotopic (exact) mass is 308 g/mol. The largest absolute Gasteiger partial charge is 0.322 e. The molecule has 1 heterocycles. The maximum atomic E-state index is 12.6. The number of hydrogen-bond acceptors (Lipinski definition) is 2. The van der Waals surface area contributed by atoms with E-state index in [1.165, 1.54) is 0 Å². The summed E-state index contributed by atoms with van der Waals surface area (Å²) in [7, 11) is 0. The average Bonchev–Trinajstić information content (AvgIpc) is 2.74. The SMILES string of the molecule is CCCC1NC(c2cccc(Cl)c2)N(CCC(C)C)C1=O. The van der Waals surface area contributed by atoms with Gasteiger partial charge >= 0.3 is 0 Å². The summed E-state index contributed by atoms with van der Waals surface area (Å²) in [5.41, 5.74) is 1.07. The van der Waals surface area contributed by atoms with Gasteiger partial charge in [-0.3, -0.25) is 10.1 Å². The van der Waals surface area contributed by atoms with Crippen LogP contribution < -0.4 is 5.32 Å². The van der Waals surface area contributed by atoms with Crippen molar-refractivity contribution in [2.75, 3.05) is 6.54 Å². The van der Waals surface area contributed by atoms with Crippen molar-refractivity contribution in [3.05, 3.63) is 34.9 Å². The predicted molar refractivity (Wildman–Crippen MR) is 87.2 cm³/mol. The third-order valence-electron chi connectivity index (χ3n) is 3.94. The van der Waals surface area contributed by atoms with Gasteiger partial charge in [-0.25, -0.2) is 0 Å². The van der Waals surface area contributed by atoms with Crippen LogP contribution in [-0.4, -0.2) is 23.4 Å². The number of amides is 1. The second kappa shape index (κ2) is 7.28. The number of benzene rings is 1. The molecule has 1 aromatic rings. The highest BCUT2D eigenvalue weighted by atomic mass is 35.5. The van der Waals surface area contributed by atoms with Crippen LogP contribution >= 0.6 is 11.6 Å². The zero-order chi connectivity index (χ0) is 15.4. The van der Waals surface area contributed by atoms with Crippen LogP contribution in [0, 0.1) is 5.92 Å². The van der Waals surface area contributed by atoms with Gasteiger partial charge < -0.3 is 4.90 Å². The smallest absolute Gasteiger partial charge is 0.241 e. The number of carbonyl (C=O) groups is 1. The minimum atomic E-state index is -0.0638. The fraction of sp³-hybridized carbons (Fsp3) is 0.588. The van der Waals surface area contributed by atoms with Crippen molar-refractivity contribution < 1.29 is 4.79 Å². The predicted octanol–water partition coefficient (Wildman–Crippen LogP) is 3.99. The Kier molecular flexibility index (Phi) is 5.65. The fourth-order valence-corrected chi connectivity index (χ4v) is 2.96. The summed E-state index contributed by atoms with van der Waals surface area (Å²) in [5, 5.41) is 4.19. The number of halogens is 1. The molecule has 0 bridgehead atoms. The maximum absolute atomic E-state index is 12.6. The first-order valence-corrected chi connectivity index (χ1v) is 8.22. The number of hydrogen-bond donors (Lipinski definition) is 1. The van der Waals surface area contributed by atoms with Crippen LogP contribution in [-0.2, 0) is 4.79 Å². The minimum Gasteiger partial charge on any atom is -0.322 e. The molecule has 1 aliphatic rings. The molecule has 4 heteroatoms. The second-order valence-corrected chi connectivity index (χ2v) is 6.62. The summed E-state index contributed by atoms with van der Waals surface area (Å²) in [6.45, 7) is 7.28. The molecule has 0 saturated carbocycles. The van der Waals surface area contributed by atoms with Crippen LogP contribution in [0.1, 0.15) is 51.8 Å². The van der Waals surface area contributed by atoms with Crippen molar-refractivity contribution >= 4 is 17.5 Å². The minimum absolute atomic E-state index is 0.0495. The Morgan fingerprint density at radius 2 is 2.14 bits per heavy atom. The number of rotatable bonds is 6. The van der Waals surface area contributed by atoms with E-state index in [0.29, 0.717) is 10.9 Å². The molecular weight excluding hydrogens is 284 g/mol. The van der Waals surface area contributed by atoms with Gasteiger partial charge in [0.15, 0.2) is 0 Å². The third kappa shape index (κ3) is 3.98. The summed E-state index contributed by atoms with van der Waals surface area (Å²) in [4.78, 5) is 14.6. The lowest BCUT2D eigenvalue weighted by Gasteiger charge is -2.25. The molecule has 2 unspecified atom stereocenters. The molecule has 3 nitrogen and oxygen atoms in total. The van der Waals surface area contributed by atoms with Crippen LogP contribution in [0.2, 0.25) is 5.02 Å². The van der Waals surface area contributed by atoms with Gasteiger partial charge in [0.05, 0.1) is 6.04 Å². The molecule has 0 aliphatic carbocycles. The molecule has 0 radical (unpaired) electrons. The summed E-state index contributed by atoms with van der Waals surface area (Å²) in [5.74, 6) is 0.811. The lowest BCUT2D eigenvalue weighted by Crippen LogP contribution is -2.32. The van der Waals surface area contributed by atoms with Gasteiger partial charge in [-0.05, 0) is 36.5 Å². The average molecular weight is 309 g/mol. The first-order chi connectivity index (χ1) is 10.0. The third-order valence-corrected chi connectivity index (χ3v) is 4.18. The first kappa shape index (κ1) is 16.3. The normalized spacial score (nSPS) is 22.3. The van der Waals surface area contributed by atoms with Crippen LogP contribution in [0.25, 0.3) is 0 Å². The van der Waals surface area contributed by atoms with Crippen LogP contribution in [0.15, 0.2) is 24.3 Å². The Hall–Kier alpha value is -1.06. The van der Waals surface area contributed by atoms with Crippen molar-refractivity contribution in [2.45, 2.75) is 52.2 Å². The Morgan fingerprint density at radius 3 is 2.76 bits per heavy atom. The molecule has 1 aliphatic heterocycles. The van der Waals surface area contributed by atoms with Crippen LogP contribution in [0.3, 0.4) is 0 Å². The molecule has 116 valence electrons. The van der Waals surface area contributed by atoms with E-state index in [-0.39, 0.29) is 18.1 Å². The summed E-state index contributed by atoms with van der Waals surface area (Å²) >= 11 is 6.10. The van der Waals surface area contributed by atoms with Gasteiger partial charge in [-0.2, -0.15) is 0 Å². The number of carbonyl (C=O) groups excluding carboxylic acids is 1. The Bertz CT molecular complexity index is 489. The van der Waals surface area contributed by atoms with E-state index < -0.39 is 0 Å². The Balaban J connectivity index is 2.20. The van der Waals surface area contributed by atoms with E-state index in [1.807, 2.05) is 29.2 Å². The van der Waals surface area contributed by atoms with E-state index in [1.54, 1.807) is 0 Å². The quantitative estimate of drug-likeness (QED) is 0.862. The zero-order valence-electron chi connectivity index (χ0n) is 13.1. The van der Waals surface area contributed by atoms with Crippen molar-refractivity contribution in [2.24, 2.45) is 5.92 Å². The highest BCUT2D eigenvalue weighted by Crippen LogP contribution is 2.29. The Morgan fingerprint density at radius 1 is 1.38 bits per heavy atom. The van der Waals surface area contributed by atoms with E-state index >= 15 is 0 Å². The fourth-order valence-electron chi connectivity index (χ4n) is 2.76. The topological polar surface area (TPSA) is 32.3 Å². The molecule has 0 aromatic heterocycles. The van der Waals surface area contributed by atoms with Gasteiger partial charge in [0, 0.05) is 11.6 Å². The van der Waals surface area contributed by atoms with E-state index in [9.17, 15) is 4.79 Å². The first-order valence-electron chi connectivity index (χ1n) is 7.85. The van der Waals surface area contributed by atoms with E-state index in [4.69, 9.17) is 11.6 Å². The summed E-state index contributed by atoms with van der Waals surface area (Å²) in [6.07, 6.45) is 2.85. The van der Waals surface area contributed by atoms with Crippen molar-refractivity contribution in [1.82, 2.24) is 10.2 Å². The molecule has 1 amide bonds. The van der Waals surface area contributed by atoms with Gasteiger partial charge in [-0.1, -0.05) is 50.9 Å². The highest BCUT2D eigenvalue weighted by Gasteiger charge is 2.38. The van der Waals surface area contributed by atoms with Crippen molar-refractivity contribution in [3.63, 3.8) is 0 Å². The van der Waals surface area contributed by atoms with E-state index in [2.05, 4.69) is 26.1 Å². The van der Waals surface area contributed by atoms with Crippen LogP contribution in [0.4, 0.5) is 0 Å². The van der Waals surface area contributed by atoms with Crippen LogP contribution in [0.5, 0.6) is 0 Å². The molecular formula is C17H25ClN2O. The lowest BCUT2D eigenvalue weighted by molar-refractivity contribution is -0.130. The van der Waals surface area contributed by atoms with Gasteiger partial charge in [0.2, 0.25) is 5.91 Å². The molecule has 0 spiro atoms. The van der Waals surface area contributed by atoms with Gasteiger partial charge in [0.1, 0.15) is 6.17 Å². The molecule has 1 N–H and O–H groups in total. The van der Waals surface area contributed by atoms with Gasteiger partial charge in [0.25, 0.3) is 0 Å². The number of nitrogens with zero attached hydrogens (tertiary/aromatic N) is 1. The standard InChI is InChI=1S/C17H25ClN2O/c1-4-6-15-17(21)20(10-9-12(2)3)16(19-15)13-7-5-8-14(18)11-13/h5,7-8,11-12,15-16,19H,4,6,9-10H2,1-3H3. The molecule has 21 heavy (non-hydrogen) atoms. The van der Waals surface area contributed by atoms with Crippen molar-refractivity contribution in [1.29, 1.82) is 0 Å². The Labute approximate surface area is 132 Å². The van der Waals surface area contributed by atoms with E-state index in [0.717, 1.165) is 31.4 Å². The maximum Gasteiger partial charge on any atom is 0.241 e. The summed E-state index contributed by atoms with van der Waals surface area (Å²) < 4.78 is 0. The molecule has 1 saturated heterocycles. The summed E-state index contributed by atoms with van der Waals surface area (Å²) in [6, 6.07) is 7.73. The number of nitrogens with one attached hydrogen (secondary N) is 1. The van der Waals surface area contributed by atoms with Crippen molar-refractivity contribution in [3.8, 4) is 0 Å².